The number of carbonyl (C=O) groups excluding carboxylic acids is 2. The first-order valence-electron chi connectivity index (χ1n) is 11.6. The summed E-state index contributed by atoms with van der Waals surface area (Å²) in [6.07, 6.45) is 1.34. The van der Waals surface area contributed by atoms with E-state index in [1.807, 2.05) is 32.7 Å². The fraction of sp³-hybridized carbons (Fsp3) is 0.773. The summed E-state index contributed by atoms with van der Waals surface area (Å²) in [5, 5.41) is 7.22. The summed E-state index contributed by atoms with van der Waals surface area (Å²) < 4.78 is 30.0. The van der Waals surface area contributed by atoms with E-state index >= 15 is 0 Å². The van der Waals surface area contributed by atoms with Crippen molar-refractivity contribution in [3.8, 4) is 0 Å². The summed E-state index contributed by atoms with van der Waals surface area (Å²) in [6.45, 7) is 12.5. The number of amides is 2. The number of likely N-dealkylation sites (N-methyl/N-ethyl adjacent to an activating group) is 1. The minimum absolute atomic E-state index is 0.0472. The lowest BCUT2D eigenvalue weighted by molar-refractivity contribution is -0.138. The monoisotopic (exact) mass is 482 g/mol. The molecule has 0 spiro atoms. The highest BCUT2D eigenvalue weighted by molar-refractivity contribution is 7.89. The predicted molar refractivity (Wildman–Crippen MR) is 125 cm³/mol. The summed E-state index contributed by atoms with van der Waals surface area (Å²) in [6, 6.07) is 0. The van der Waals surface area contributed by atoms with Crippen molar-refractivity contribution in [3.05, 3.63) is 11.4 Å². The Balaban J connectivity index is 1.76. The van der Waals surface area contributed by atoms with Gasteiger partial charge >= 0.3 is 0 Å². The topological polar surface area (TPSA) is 108 Å². The van der Waals surface area contributed by atoms with Crippen LogP contribution in [0, 0.1) is 19.8 Å². The van der Waals surface area contributed by atoms with E-state index in [0.29, 0.717) is 43.9 Å². The molecule has 3 rings (SSSR count). The Bertz CT molecular complexity index is 989. The number of piperidine rings is 1. The van der Waals surface area contributed by atoms with Gasteiger partial charge in [-0.3, -0.25) is 14.3 Å². The molecule has 10 nitrogen and oxygen atoms in total. The first kappa shape index (κ1) is 25.6. The van der Waals surface area contributed by atoms with Crippen LogP contribution in [-0.2, 0) is 26.2 Å². The molecule has 2 aliphatic rings. The van der Waals surface area contributed by atoms with Gasteiger partial charge in [0.15, 0.2) is 0 Å². The number of piperazine rings is 1. The first-order chi connectivity index (χ1) is 15.3. The normalized spacial score (nSPS) is 21.3. The third-order valence-electron chi connectivity index (χ3n) is 6.27. The van der Waals surface area contributed by atoms with Gasteiger partial charge in [0.05, 0.1) is 17.3 Å². The van der Waals surface area contributed by atoms with Crippen LogP contribution in [-0.4, -0.2) is 96.0 Å². The minimum atomic E-state index is -3.84. The SMILES string of the molecule is Cc1nn(CC(=O)NC(C)(C)C)c(C)c1S(=O)(=O)N1CCC[C@@H](C(=O)N2CCN(C)CC2)C1. The van der Waals surface area contributed by atoms with Gasteiger partial charge in [-0.15, -0.1) is 0 Å². The van der Waals surface area contributed by atoms with Crippen LogP contribution < -0.4 is 5.32 Å². The molecule has 2 amide bonds. The number of aryl methyl sites for hydroxylation is 1. The predicted octanol–water partition coefficient (Wildman–Crippen LogP) is 0.589. The van der Waals surface area contributed by atoms with E-state index in [4.69, 9.17) is 0 Å². The second kappa shape index (κ2) is 9.71. The van der Waals surface area contributed by atoms with Gasteiger partial charge in [0.1, 0.15) is 11.4 Å². The maximum Gasteiger partial charge on any atom is 0.246 e. The Morgan fingerprint density at radius 3 is 2.33 bits per heavy atom. The van der Waals surface area contributed by atoms with Gasteiger partial charge in [-0.25, -0.2) is 8.42 Å². The lowest BCUT2D eigenvalue weighted by Crippen LogP contribution is -2.52. The van der Waals surface area contributed by atoms with Crippen molar-refractivity contribution in [1.29, 1.82) is 0 Å². The summed E-state index contributed by atoms with van der Waals surface area (Å²) in [5.41, 5.74) is 0.411. The minimum Gasteiger partial charge on any atom is -0.350 e. The summed E-state index contributed by atoms with van der Waals surface area (Å²) in [7, 11) is -1.80. The van der Waals surface area contributed by atoms with Crippen LogP contribution in [0.15, 0.2) is 4.90 Å². The van der Waals surface area contributed by atoms with Crippen LogP contribution in [0.3, 0.4) is 0 Å². The number of nitrogens with zero attached hydrogens (tertiary/aromatic N) is 5. The van der Waals surface area contributed by atoms with Crippen molar-refractivity contribution in [3.63, 3.8) is 0 Å². The largest absolute Gasteiger partial charge is 0.350 e. The molecule has 186 valence electrons. The third-order valence-corrected chi connectivity index (χ3v) is 8.39. The van der Waals surface area contributed by atoms with E-state index in [1.54, 1.807) is 13.8 Å². The van der Waals surface area contributed by atoms with Crippen molar-refractivity contribution in [1.82, 2.24) is 29.2 Å². The number of aromatic nitrogens is 2. The zero-order valence-electron chi connectivity index (χ0n) is 20.7. The molecule has 0 aliphatic carbocycles. The fourth-order valence-corrected chi connectivity index (χ4v) is 6.47. The fourth-order valence-electron chi connectivity index (χ4n) is 4.58. The molecular formula is C22H38N6O4S. The van der Waals surface area contributed by atoms with Crippen molar-refractivity contribution >= 4 is 21.8 Å². The molecule has 1 aromatic heterocycles. The highest BCUT2D eigenvalue weighted by Gasteiger charge is 2.38. The number of sulfonamides is 1. The van der Waals surface area contributed by atoms with Gasteiger partial charge in [0, 0.05) is 44.8 Å². The zero-order chi connectivity index (χ0) is 24.6. The summed E-state index contributed by atoms with van der Waals surface area (Å²) in [4.78, 5) is 29.6. The Hall–Kier alpha value is -1.98. The van der Waals surface area contributed by atoms with E-state index in [9.17, 15) is 18.0 Å². The highest BCUT2D eigenvalue weighted by Crippen LogP contribution is 2.29. The molecule has 0 radical (unpaired) electrons. The van der Waals surface area contributed by atoms with Crippen LogP contribution in [0.1, 0.15) is 45.0 Å². The number of carbonyl (C=O) groups is 2. The van der Waals surface area contributed by atoms with Gasteiger partial charge in [-0.05, 0) is 54.5 Å². The maximum atomic E-state index is 13.6. The lowest BCUT2D eigenvalue weighted by Gasteiger charge is -2.37. The lowest BCUT2D eigenvalue weighted by atomic mass is 9.98. The van der Waals surface area contributed by atoms with Gasteiger partial charge in [0.25, 0.3) is 0 Å². The van der Waals surface area contributed by atoms with E-state index in [2.05, 4.69) is 15.3 Å². The quantitative estimate of drug-likeness (QED) is 0.658. The summed E-state index contributed by atoms with van der Waals surface area (Å²) in [5.74, 6) is -0.510. The van der Waals surface area contributed by atoms with Crippen LogP contribution in [0.4, 0.5) is 0 Å². The maximum absolute atomic E-state index is 13.6. The van der Waals surface area contributed by atoms with E-state index < -0.39 is 10.0 Å². The van der Waals surface area contributed by atoms with Gasteiger partial charge in [-0.1, -0.05) is 0 Å². The molecule has 0 saturated carbocycles. The molecule has 2 aliphatic heterocycles. The van der Waals surface area contributed by atoms with E-state index in [-0.39, 0.29) is 41.3 Å². The molecule has 1 aromatic rings. The average molecular weight is 483 g/mol. The Kier molecular flexibility index (Phi) is 7.55. The van der Waals surface area contributed by atoms with Crippen molar-refractivity contribution in [2.75, 3.05) is 46.3 Å². The Morgan fingerprint density at radius 2 is 1.73 bits per heavy atom. The molecule has 0 aromatic carbocycles. The van der Waals surface area contributed by atoms with Gasteiger partial charge in [-0.2, -0.15) is 9.40 Å². The molecule has 2 saturated heterocycles. The standard InChI is InChI=1S/C22H38N6O4S/c1-16-20(17(2)28(24-16)15-19(29)23-22(3,4)5)33(31,32)27-9-7-8-18(14-27)21(30)26-12-10-25(6)11-13-26/h18H,7-15H2,1-6H3,(H,23,29)/t18-/m1/s1. The third kappa shape index (κ3) is 5.93. The molecule has 11 heteroatoms. The highest BCUT2D eigenvalue weighted by atomic mass is 32.2. The molecule has 0 unspecified atom stereocenters. The number of nitrogens with one attached hydrogen (secondary N) is 1. The number of hydrogen-bond donors (Lipinski definition) is 1. The van der Waals surface area contributed by atoms with Gasteiger partial charge < -0.3 is 15.1 Å². The van der Waals surface area contributed by atoms with E-state index in [0.717, 1.165) is 13.1 Å². The van der Waals surface area contributed by atoms with Crippen molar-refractivity contribution < 1.29 is 18.0 Å². The number of rotatable bonds is 5. The van der Waals surface area contributed by atoms with Crippen LogP contribution >= 0.6 is 0 Å². The van der Waals surface area contributed by atoms with E-state index in [1.165, 1.54) is 8.99 Å². The smallest absolute Gasteiger partial charge is 0.246 e. The van der Waals surface area contributed by atoms with Crippen molar-refractivity contribution in [2.45, 2.75) is 64.4 Å². The van der Waals surface area contributed by atoms with Crippen LogP contribution in [0.25, 0.3) is 0 Å². The second-order valence-electron chi connectivity index (χ2n) is 10.3. The molecule has 0 bridgehead atoms. The number of hydrogen-bond acceptors (Lipinski definition) is 6. The molecule has 1 atom stereocenters. The van der Waals surface area contributed by atoms with Crippen LogP contribution in [0.5, 0.6) is 0 Å². The van der Waals surface area contributed by atoms with Crippen molar-refractivity contribution in [2.24, 2.45) is 5.92 Å². The van der Waals surface area contributed by atoms with Crippen LogP contribution in [0.2, 0.25) is 0 Å². The second-order valence-corrected chi connectivity index (χ2v) is 12.2. The molecular weight excluding hydrogens is 444 g/mol. The zero-order valence-corrected chi connectivity index (χ0v) is 21.5. The Morgan fingerprint density at radius 1 is 1.09 bits per heavy atom. The average Bonchev–Trinajstić information content (AvgIpc) is 3.00. The molecule has 3 heterocycles. The van der Waals surface area contributed by atoms with Gasteiger partial charge in [0.2, 0.25) is 21.8 Å². The molecule has 2 fully saturated rings. The Labute approximate surface area is 197 Å². The molecule has 33 heavy (non-hydrogen) atoms. The summed E-state index contributed by atoms with van der Waals surface area (Å²) >= 11 is 0. The molecule has 1 N–H and O–H groups in total. The first-order valence-corrected chi connectivity index (χ1v) is 13.1.